The van der Waals surface area contributed by atoms with Crippen LogP contribution in [0.2, 0.25) is 5.02 Å². The van der Waals surface area contributed by atoms with Crippen molar-refractivity contribution in [3.63, 3.8) is 0 Å². The molecule has 0 spiro atoms. The molecule has 1 aromatic rings. The maximum atomic E-state index is 6.38. The lowest BCUT2D eigenvalue weighted by molar-refractivity contribution is 0.189. The number of hydrogen-bond donors (Lipinski definition) is 1. The van der Waals surface area contributed by atoms with Crippen LogP contribution >= 0.6 is 11.6 Å². The molecular formula is C16H25ClN2. The number of nitrogens with zero attached hydrogens (tertiary/aromatic N) is 1. The van der Waals surface area contributed by atoms with Gasteiger partial charge in [-0.05, 0) is 42.5 Å². The highest BCUT2D eigenvalue weighted by molar-refractivity contribution is 6.30. The Hall–Kier alpha value is -0.570. The molecule has 2 unspecified atom stereocenters. The Morgan fingerprint density at radius 1 is 1.32 bits per heavy atom. The lowest BCUT2D eigenvalue weighted by Crippen LogP contribution is -2.40. The van der Waals surface area contributed by atoms with Gasteiger partial charge >= 0.3 is 0 Å². The second-order valence-corrected chi connectivity index (χ2v) is 6.89. The minimum Gasteiger partial charge on any atom is -0.326 e. The summed E-state index contributed by atoms with van der Waals surface area (Å²) in [5, 5.41) is 0.786. The summed E-state index contributed by atoms with van der Waals surface area (Å²) in [5.74, 6) is 0. The third-order valence-corrected chi connectivity index (χ3v) is 4.44. The normalized spacial score (nSPS) is 22.4. The monoisotopic (exact) mass is 280 g/mol. The molecule has 1 heterocycles. The van der Waals surface area contributed by atoms with Crippen LogP contribution in [0.4, 0.5) is 0 Å². The van der Waals surface area contributed by atoms with E-state index in [1.807, 2.05) is 12.1 Å². The lowest BCUT2D eigenvalue weighted by atomic mass is 9.92. The first kappa shape index (κ1) is 14.8. The maximum Gasteiger partial charge on any atom is 0.0499 e. The van der Waals surface area contributed by atoms with Crippen molar-refractivity contribution in [2.75, 3.05) is 13.1 Å². The van der Waals surface area contributed by atoms with Gasteiger partial charge in [0.1, 0.15) is 0 Å². The minimum atomic E-state index is 0.176. The smallest absolute Gasteiger partial charge is 0.0499 e. The molecule has 1 saturated heterocycles. The first-order valence-corrected chi connectivity index (χ1v) is 7.56. The van der Waals surface area contributed by atoms with E-state index in [1.54, 1.807) is 0 Å². The van der Waals surface area contributed by atoms with Gasteiger partial charge in [-0.1, -0.05) is 44.5 Å². The Bertz CT molecular complexity index is 413. The predicted molar refractivity (Wildman–Crippen MR) is 82.4 cm³/mol. The largest absolute Gasteiger partial charge is 0.326 e. The van der Waals surface area contributed by atoms with E-state index in [1.165, 1.54) is 12.0 Å². The number of likely N-dealkylation sites (tertiary alicyclic amines) is 1. The van der Waals surface area contributed by atoms with Gasteiger partial charge in [0.05, 0.1) is 0 Å². The summed E-state index contributed by atoms with van der Waals surface area (Å²) in [6, 6.07) is 8.65. The van der Waals surface area contributed by atoms with Crippen LogP contribution in [0, 0.1) is 5.41 Å². The Balaban J connectivity index is 2.24. The third kappa shape index (κ3) is 3.50. The van der Waals surface area contributed by atoms with Crippen LogP contribution in [0.25, 0.3) is 0 Å². The van der Waals surface area contributed by atoms with E-state index in [0.29, 0.717) is 11.5 Å². The van der Waals surface area contributed by atoms with Crippen LogP contribution in [0.3, 0.4) is 0 Å². The first-order valence-electron chi connectivity index (χ1n) is 7.18. The molecule has 2 atom stereocenters. The van der Waals surface area contributed by atoms with Crippen LogP contribution in [-0.2, 0) is 0 Å². The summed E-state index contributed by atoms with van der Waals surface area (Å²) < 4.78 is 0. The van der Waals surface area contributed by atoms with E-state index in [0.717, 1.165) is 24.5 Å². The molecule has 1 aliphatic heterocycles. The van der Waals surface area contributed by atoms with Crippen LogP contribution in [-0.4, -0.2) is 24.0 Å². The molecule has 1 aliphatic rings. The molecule has 0 bridgehead atoms. The van der Waals surface area contributed by atoms with Gasteiger partial charge in [-0.3, -0.25) is 4.90 Å². The highest BCUT2D eigenvalue weighted by Crippen LogP contribution is 2.36. The molecule has 3 heteroatoms. The summed E-state index contributed by atoms with van der Waals surface area (Å²) in [6.07, 6.45) is 2.23. The van der Waals surface area contributed by atoms with E-state index < -0.39 is 0 Å². The standard InChI is InChI=1S/C16H25ClN2/c1-4-14(18)15(12-5-7-13(17)8-6-12)19-10-9-16(2,3)11-19/h5-8,14-15H,4,9-11,18H2,1-3H3. The summed E-state index contributed by atoms with van der Waals surface area (Å²) in [6.45, 7) is 9.09. The summed E-state index contributed by atoms with van der Waals surface area (Å²) >= 11 is 5.99. The molecule has 2 rings (SSSR count). The minimum absolute atomic E-state index is 0.176. The average molecular weight is 281 g/mol. The van der Waals surface area contributed by atoms with Crippen molar-refractivity contribution in [3.05, 3.63) is 34.9 Å². The van der Waals surface area contributed by atoms with Crippen molar-refractivity contribution in [2.45, 2.75) is 45.7 Å². The molecular weight excluding hydrogens is 256 g/mol. The summed E-state index contributed by atoms with van der Waals surface area (Å²) in [7, 11) is 0. The fraction of sp³-hybridized carbons (Fsp3) is 0.625. The molecule has 106 valence electrons. The van der Waals surface area contributed by atoms with Crippen LogP contribution < -0.4 is 5.73 Å². The van der Waals surface area contributed by atoms with Gasteiger partial charge in [-0.15, -0.1) is 0 Å². The van der Waals surface area contributed by atoms with Gasteiger partial charge in [-0.2, -0.15) is 0 Å². The number of nitrogens with two attached hydrogens (primary N) is 1. The molecule has 1 fully saturated rings. The van der Waals surface area contributed by atoms with Crippen LogP contribution in [0.15, 0.2) is 24.3 Å². The fourth-order valence-corrected chi connectivity index (χ4v) is 3.13. The van der Waals surface area contributed by atoms with Crippen LogP contribution in [0.1, 0.15) is 45.2 Å². The molecule has 0 radical (unpaired) electrons. The maximum absolute atomic E-state index is 6.38. The SMILES string of the molecule is CCC(N)C(c1ccc(Cl)cc1)N1CCC(C)(C)C1. The number of rotatable bonds is 4. The van der Waals surface area contributed by atoms with Gasteiger partial charge in [0.25, 0.3) is 0 Å². The molecule has 0 aromatic heterocycles. The van der Waals surface area contributed by atoms with E-state index in [9.17, 15) is 0 Å². The van der Waals surface area contributed by atoms with Gasteiger partial charge in [-0.25, -0.2) is 0 Å². The molecule has 2 N–H and O–H groups in total. The van der Waals surface area contributed by atoms with Gasteiger partial charge in [0, 0.05) is 23.7 Å². The number of halogens is 1. The van der Waals surface area contributed by atoms with Crippen molar-refractivity contribution in [1.29, 1.82) is 0 Å². The zero-order chi connectivity index (χ0) is 14.0. The molecule has 0 aliphatic carbocycles. The zero-order valence-electron chi connectivity index (χ0n) is 12.2. The Morgan fingerprint density at radius 2 is 1.95 bits per heavy atom. The van der Waals surface area contributed by atoms with Crippen molar-refractivity contribution >= 4 is 11.6 Å². The molecule has 19 heavy (non-hydrogen) atoms. The van der Waals surface area contributed by atoms with E-state index in [-0.39, 0.29) is 6.04 Å². The highest BCUT2D eigenvalue weighted by atomic mass is 35.5. The van der Waals surface area contributed by atoms with Crippen LogP contribution in [0.5, 0.6) is 0 Å². The summed E-state index contributed by atoms with van der Waals surface area (Å²) in [5.41, 5.74) is 8.07. The quantitative estimate of drug-likeness (QED) is 0.908. The van der Waals surface area contributed by atoms with Gasteiger partial charge in [0.15, 0.2) is 0 Å². The predicted octanol–water partition coefficient (Wildman–Crippen LogP) is 3.85. The lowest BCUT2D eigenvalue weighted by Gasteiger charge is -2.33. The van der Waals surface area contributed by atoms with Crippen molar-refractivity contribution in [2.24, 2.45) is 11.1 Å². The zero-order valence-corrected chi connectivity index (χ0v) is 13.0. The second-order valence-electron chi connectivity index (χ2n) is 6.45. The third-order valence-electron chi connectivity index (χ3n) is 4.19. The fourth-order valence-electron chi connectivity index (χ4n) is 3.00. The average Bonchev–Trinajstić information content (AvgIpc) is 2.72. The van der Waals surface area contributed by atoms with E-state index in [2.05, 4.69) is 37.8 Å². The number of hydrogen-bond acceptors (Lipinski definition) is 2. The topological polar surface area (TPSA) is 29.3 Å². The first-order chi connectivity index (χ1) is 8.93. The molecule has 1 aromatic carbocycles. The van der Waals surface area contributed by atoms with Crippen molar-refractivity contribution in [1.82, 2.24) is 4.90 Å². The van der Waals surface area contributed by atoms with Crippen molar-refractivity contribution in [3.8, 4) is 0 Å². The Labute approximate surface area is 121 Å². The van der Waals surface area contributed by atoms with Gasteiger partial charge in [0.2, 0.25) is 0 Å². The molecule has 2 nitrogen and oxygen atoms in total. The second kappa shape index (κ2) is 5.82. The Morgan fingerprint density at radius 3 is 2.42 bits per heavy atom. The van der Waals surface area contributed by atoms with E-state index in [4.69, 9.17) is 17.3 Å². The van der Waals surface area contributed by atoms with Crippen molar-refractivity contribution < 1.29 is 0 Å². The Kier molecular flexibility index (Phi) is 4.54. The van der Waals surface area contributed by atoms with E-state index >= 15 is 0 Å². The number of benzene rings is 1. The molecule has 0 saturated carbocycles. The summed E-state index contributed by atoms with van der Waals surface area (Å²) in [4.78, 5) is 2.54. The molecule has 0 amide bonds. The van der Waals surface area contributed by atoms with Gasteiger partial charge < -0.3 is 5.73 Å². The highest BCUT2D eigenvalue weighted by Gasteiger charge is 2.35.